The van der Waals surface area contributed by atoms with E-state index in [-0.39, 0.29) is 0 Å². The second-order valence-corrected chi connectivity index (χ2v) is 5.92. The molecule has 5 rings (SSSR count). The van der Waals surface area contributed by atoms with Crippen LogP contribution in [0.25, 0.3) is 33.7 Å². The van der Waals surface area contributed by atoms with Gasteiger partial charge in [0.2, 0.25) is 0 Å². The summed E-state index contributed by atoms with van der Waals surface area (Å²) in [6.45, 7) is 0. The zero-order valence-corrected chi connectivity index (χ0v) is 11.4. The zero-order chi connectivity index (χ0) is 13.1. The molecular formula is C20H15. The molecule has 0 nitrogen and oxygen atoms in total. The van der Waals surface area contributed by atoms with Crippen LogP contribution >= 0.6 is 0 Å². The van der Waals surface area contributed by atoms with E-state index < -0.39 is 0 Å². The lowest BCUT2D eigenvalue weighted by molar-refractivity contribution is 0.863. The average molecular weight is 255 g/mol. The fourth-order valence-electron chi connectivity index (χ4n) is 3.76. The van der Waals surface area contributed by atoms with Crippen LogP contribution in [0.5, 0.6) is 0 Å². The van der Waals surface area contributed by atoms with Crippen molar-refractivity contribution in [2.75, 3.05) is 0 Å². The predicted octanol–water partition coefficient (Wildman–Crippen LogP) is 3.25. The summed E-state index contributed by atoms with van der Waals surface area (Å²) < 4.78 is 0. The number of fused-ring (bicyclic) bond motifs is 7. The minimum atomic E-state index is 1.16. The van der Waals surface area contributed by atoms with Crippen molar-refractivity contribution in [1.29, 1.82) is 0 Å². The van der Waals surface area contributed by atoms with E-state index in [1.54, 1.807) is 11.1 Å². The molecule has 0 N–H and O–H groups in total. The van der Waals surface area contributed by atoms with Crippen LogP contribution in [0, 0.1) is 6.07 Å². The van der Waals surface area contributed by atoms with Gasteiger partial charge in [0, 0.05) is 0 Å². The third-order valence-electron chi connectivity index (χ3n) is 4.85. The fraction of sp³-hybridized carbons (Fsp3) is 0.200. The van der Waals surface area contributed by atoms with Crippen molar-refractivity contribution in [2.45, 2.75) is 25.7 Å². The molecule has 0 heteroatoms. The summed E-state index contributed by atoms with van der Waals surface area (Å²) >= 11 is 0. The summed E-state index contributed by atoms with van der Waals surface area (Å²) in [7, 11) is 0. The molecule has 3 aromatic carbocycles. The minimum absolute atomic E-state index is 1.16. The monoisotopic (exact) mass is 255 g/mol. The van der Waals surface area contributed by atoms with Crippen LogP contribution in [0.15, 0.2) is 30.3 Å². The third kappa shape index (κ3) is 1.27. The second kappa shape index (κ2) is 3.73. The normalized spacial score (nSPS) is 16.0. The van der Waals surface area contributed by atoms with Crippen molar-refractivity contribution in [3.05, 3.63) is 58.0 Å². The summed E-state index contributed by atoms with van der Waals surface area (Å²) in [5.41, 5.74) is 3.10. The Hall–Kier alpha value is -2.08. The van der Waals surface area contributed by atoms with Crippen LogP contribution in [0.4, 0.5) is 0 Å². The molecule has 0 amide bonds. The van der Waals surface area contributed by atoms with Gasteiger partial charge in [-0.05, 0) is 80.9 Å². The maximum Gasteiger partial charge on any atom is -0.00146 e. The quantitative estimate of drug-likeness (QED) is 0.541. The zero-order valence-electron chi connectivity index (χ0n) is 11.4. The van der Waals surface area contributed by atoms with Crippen molar-refractivity contribution in [1.82, 2.24) is 0 Å². The first-order chi connectivity index (χ1) is 9.92. The number of hydrogen-bond donors (Lipinski definition) is 0. The topological polar surface area (TPSA) is 0 Å². The van der Waals surface area contributed by atoms with Gasteiger partial charge in [0.1, 0.15) is 0 Å². The van der Waals surface area contributed by atoms with E-state index in [4.69, 9.17) is 0 Å². The molecule has 0 unspecified atom stereocenters. The fourth-order valence-corrected chi connectivity index (χ4v) is 3.76. The van der Waals surface area contributed by atoms with Crippen molar-refractivity contribution in [2.24, 2.45) is 0 Å². The van der Waals surface area contributed by atoms with Gasteiger partial charge >= 0.3 is 0 Å². The molecule has 0 atom stereocenters. The lowest BCUT2D eigenvalue weighted by Crippen LogP contribution is -2.27. The molecule has 0 fully saturated rings. The van der Waals surface area contributed by atoms with Crippen LogP contribution in [0.2, 0.25) is 0 Å². The third-order valence-corrected chi connectivity index (χ3v) is 4.85. The molecule has 0 heterocycles. The molecule has 95 valence electrons. The molecule has 0 spiro atoms. The molecule has 0 bridgehead atoms. The van der Waals surface area contributed by atoms with Crippen molar-refractivity contribution >= 4 is 33.7 Å². The van der Waals surface area contributed by atoms with E-state index >= 15 is 0 Å². The van der Waals surface area contributed by atoms with Crippen LogP contribution in [0.1, 0.15) is 24.0 Å². The first-order valence-electron chi connectivity index (χ1n) is 7.51. The summed E-state index contributed by atoms with van der Waals surface area (Å²) in [5, 5.41) is 8.30. The van der Waals surface area contributed by atoms with Gasteiger partial charge in [-0.3, -0.25) is 0 Å². The van der Waals surface area contributed by atoms with E-state index in [1.807, 2.05) is 0 Å². The van der Waals surface area contributed by atoms with Gasteiger partial charge in [-0.1, -0.05) is 36.4 Å². The van der Waals surface area contributed by atoms with E-state index in [0.717, 1.165) is 12.8 Å². The summed E-state index contributed by atoms with van der Waals surface area (Å²) in [5.74, 6) is 0. The largest absolute Gasteiger partial charge is 0.0763 e. The van der Waals surface area contributed by atoms with Gasteiger partial charge < -0.3 is 0 Å². The molecule has 0 aromatic heterocycles. The Morgan fingerprint density at radius 3 is 2.45 bits per heavy atom. The number of hydrogen-bond acceptors (Lipinski definition) is 0. The minimum Gasteiger partial charge on any atom is -0.0763 e. The van der Waals surface area contributed by atoms with Gasteiger partial charge in [0.25, 0.3) is 0 Å². The molecule has 0 aliphatic heterocycles. The molecule has 1 radical (unpaired) electrons. The van der Waals surface area contributed by atoms with Gasteiger partial charge in [-0.2, -0.15) is 0 Å². The summed E-state index contributed by atoms with van der Waals surface area (Å²) in [6.07, 6.45) is 9.47. The summed E-state index contributed by atoms with van der Waals surface area (Å²) in [6, 6.07) is 15.0. The Labute approximate surface area is 118 Å². The standard InChI is InChI=1S/C20H15/c1-2-6-14-12-20-18-10-9-17(18)15-7-3-4-8-16(15)19(20)11-13(14)5-1/h3-8,11H,1-2,9-10H2. The van der Waals surface area contributed by atoms with Gasteiger partial charge in [-0.25, -0.2) is 0 Å². The molecule has 20 heavy (non-hydrogen) atoms. The van der Waals surface area contributed by atoms with Crippen LogP contribution < -0.4 is 10.4 Å². The molecule has 3 aromatic rings. The molecule has 2 aliphatic rings. The highest BCUT2D eigenvalue weighted by Gasteiger charge is 2.20. The summed E-state index contributed by atoms with van der Waals surface area (Å²) in [4.78, 5) is 0. The number of benzene rings is 3. The Bertz CT molecular complexity index is 990. The van der Waals surface area contributed by atoms with Crippen molar-refractivity contribution in [3.8, 4) is 0 Å². The highest BCUT2D eigenvalue weighted by molar-refractivity contribution is 6.11. The first-order valence-corrected chi connectivity index (χ1v) is 7.51. The Kier molecular flexibility index (Phi) is 1.99. The second-order valence-electron chi connectivity index (χ2n) is 5.92. The Balaban J connectivity index is 2.10. The first kappa shape index (κ1) is 10.7. The van der Waals surface area contributed by atoms with E-state index in [9.17, 15) is 0 Å². The van der Waals surface area contributed by atoms with E-state index in [2.05, 4.69) is 48.6 Å². The molecule has 0 saturated heterocycles. The lowest BCUT2D eigenvalue weighted by Gasteiger charge is -2.24. The van der Waals surface area contributed by atoms with Gasteiger partial charge in [0.15, 0.2) is 0 Å². The Morgan fingerprint density at radius 2 is 1.60 bits per heavy atom. The van der Waals surface area contributed by atoms with Crippen LogP contribution in [-0.4, -0.2) is 0 Å². The van der Waals surface area contributed by atoms with Crippen LogP contribution in [0.3, 0.4) is 0 Å². The smallest absolute Gasteiger partial charge is 0.00146 e. The predicted molar refractivity (Wildman–Crippen MR) is 85.1 cm³/mol. The average Bonchev–Trinajstić information content (AvgIpc) is 2.45. The van der Waals surface area contributed by atoms with E-state index in [1.165, 1.54) is 44.8 Å². The molecular weight excluding hydrogens is 240 g/mol. The number of aryl methyl sites for hydroxylation is 2. The maximum absolute atomic E-state index is 3.71. The van der Waals surface area contributed by atoms with E-state index in [0.29, 0.717) is 0 Å². The lowest BCUT2D eigenvalue weighted by atomic mass is 9.79. The maximum atomic E-state index is 3.71. The van der Waals surface area contributed by atoms with Crippen molar-refractivity contribution in [3.63, 3.8) is 0 Å². The van der Waals surface area contributed by atoms with Crippen LogP contribution in [-0.2, 0) is 12.8 Å². The molecule has 0 saturated carbocycles. The highest BCUT2D eigenvalue weighted by Crippen LogP contribution is 2.37. The number of rotatable bonds is 0. The Morgan fingerprint density at radius 1 is 0.800 bits per heavy atom. The molecule has 2 aliphatic carbocycles. The van der Waals surface area contributed by atoms with Crippen molar-refractivity contribution < 1.29 is 0 Å². The van der Waals surface area contributed by atoms with Gasteiger partial charge in [0.05, 0.1) is 0 Å². The highest BCUT2D eigenvalue weighted by atomic mass is 14.2. The van der Waals surface area contributed by atoms with Gasteiger partial charge in [-0.15, -0.1) is 0 Å². The SMILES string of the molecule is [c]1c2c(cc3c1c1c(c4ccccc43)CC1)=CCCC=2.